The summed E-state index contributed by atoms with van der Waals surface area (Å²) in [5.74, 6) is -2.76. The highest BCUT2D eigenvalue weighted by Crippen LogP contribution is 2.15. The van der Waals surface area contributed by atoms with Crippen molar-refractivity contribution >= 4 is 23.5 Å². The van der Waals surface area contributed by atoms with E-state index in [1.165, 1.54) is 18.4 Å². The van der Waals surface area contributed by atoms with E-state index in [1.807, 2.05) is 31.2 Å². The monoisotopic (exact) mass is 350 g/mol. The summed E-state index contributed by atoms with van der Waals surface area (Å²) in [4.78, 5) is 32.5. The molecule has 1 aliphatic rings. The van der Waals surface area contributed by atoms with Crippen molar-refractivity contribution in [1.82, 2.24) is 4.90 Å². The van der Waals surface area contributed by atoms with Crippen LogP contribution in [0, 0.1) is 12.8 Å². The van der Waals surface area contributed by atoms with Crippen molar-refractivity contribution in [3.63, 3.8) is 0 Å². The van der Waals surface area contributed by atoms with Gasteiger partial charge in [-0.2, -0.15) is 0 Å². The summed E-state index contributed by atoms with van der Waals surface area (Å²) in [5.41, 5.74) is 2.07. The molecule has 1 aliphatic heterocycles. The molecule has 1 aromatic rings. The summed E-state index contributed by atoms with van der Waals surface area (Å²) in [6, 6.07) is 7.94. The van der Waals surface area contributed by atoms with Crippen LogP contribution in [-0.2, 0) is 14.4 Å². The van der Waals surface area contributed by atoms with Gasteiger partial charge >= 0.3 is 11.9 Å². The lowest BCUT2D eigenvalue weighted by atomic mass is 10.0. The van der Waals surface area contributed by atoms with Crippen molar-refractivity contribution in [2.24, 2.45) is 5.92 Å². The summed E-state index contributed by atoms with van der Waals surface area (Å²) in [6.45, 7) is 7.48. The molecule has 2 rings (SSSR count). The van der Waals surface area contributed by atoms with Gasteiger partial charge in [-0.1, -0.05) is 19.1 Å². The number of hydrogen-bond acceptors (Lipinski definition) is 4. The predicted octanol–water partition coefficient (Wildman–Crippen LogP) is 2.21. The van der Waals surface area contributed by atoms with E-state index in [4.69, 9.17) is 19.8 Å². The lowest BCUT2D eigenvalue weighted by molar-refractivity contribution is -0.159. The highest BCUT2D eigenvalue weighted by Gasteiger charge is 2.16. The number of carbonyl (C=O) groups excluding carboxylic acids is 1. The first kappa shape index (κ1) is 20.6. The van der Waals surface area contributed by atoms with Crippen LogP contribution in [0.1, 0.15) is 31.7 Å². The number of nitrogens with zero attached hydrogens (tertiary/aromatic N) is 1. The normalized spacial score (nSPS) is 17.1. The molecule has 1 heterocycles. The van der Waals surface area contributed by atoms with Crippen LogP contribution >= 0.6 is 0 Å². The molecule has 0 spiro atoms. The van der Waals surface area contributed by atoms with Gasteiger partial charge in [0.25, 0.3) is 0 Å². The number of likely N-dealkylation sites (tertiary alicyclic amines) is 1. The van der Waals surface area contributed by atoms with Gasteiger partial charge in [-0.25, -0.2) is 9.59 Å². The van der Waals surface area contributed by atoms with E-state index in [2.05, 4.69) is 17.1 Å². The first-order valence-electron chi connectivity index (χ1n) is 8.33. The topological polar surface area (TPSA) is 107 Å². The molecule has 1 saturated heterocycles. The van der Waals surface area contributed by atoms with Gasteiger partial charge in [0.1, 0.15) is 0 Å². The summed E-state index contributed by atoms with van der Waals surface area (Å²) in [7, 11) is 0. The molecule has 138 valence electrons. The number of anilines is 1. The van der Waals surface area contributed by atoms with E-state index >= 15 is 0 Å². The van der Waals surface area contributed by atoms with E-state index in [0.717, 1.165) is 31.2 Å². The van der Waals surface area contributed by atoms with Crippen LogP contribution < -0.4 is 5.32 Å². The maximum Gasteiger partial charge on any atom is 0.414 e. The maximum atomic E-state index is 11.9. The number of hydrogen-bond donors (Lipinski definition) is 3. The molecule has 1 fully saturated rings. The van der Waals surface area contributed by atoms with Crippen molar-refractivity contribution < 1.29 is 24.6 Å². The van der Waals surface area contributed by atoms with Crippen LogP contribution in [0.3, 0.4) is 0 Å². The SMILES string of the molecule is Cc1cccc(NC(=O)CCN2CCCC(C)C2)c1.O=C(O)C(=O)O. The third-order valence-electron chi connectivity index (χ3n) is 3.88. The Labute approximate surface area is 147 Å². The van der Waals surface area contributed by atoms with E-state index in [-0.39, 0.29) is 5.91 Å². The number of carboxylic acid groups (broad SMARTS) is 2. The molecule has 0 radical (unpaired) electrons. The first-order valence-corrected chi connectivity index (χ1v) is 8.33. The summed E-state index contributed by atoms with van der Waals surface area (Å²) >= 11 is 0. The van der Waals surface area contributed by atoms with Crippen LogP contribution in [0.2, 0.25) is 0 Å². The zero-order chi connectivity index (χ0) is 18.8. The van der Waals surface area contributed by atoms with E-state index in [1.54, 1.807) is 0 Å². The van der Waals surface area contributed by atoms with E-state index in [9.17, 15) is 4.79 Å². The Balaban J connectivity index is 0.000000450. The standard InChI is InChI=1S/C16H24N2O.C2H2O4/c1-13-5-3-7-15(11-13)17-16(19)8-10-18-9-4-6-14(2)12-18;3-1(4)2(5)6/h3,5,7,11,14H,4,6,8-10,12H2,1-2H3,(H,17,19);(H,3,4)(H,5,6). The van der Waals surface area contributed by atoms with Gasteiger partial charge in [-0.15, -0.1) is 0 Å². The molecule has 1 aromatic carbocycles. The van der Waals surface area contributed by atoms with Crippen LogP contribution in [0.5, 0.6) is 0 Å². The van der Waals surface area contributed by atoms with E-state index < -0.39 is 11.9 Å². The molecule has 25 heavy (non-hydrogen) atoms. The second-order valence-corrected chi connectivity index (χ2v) is 6.33. The van der Waals surface area contributed by atoms with E-state index in [0.29, 0.717) is 6.42 Å². The Bertz CT molecular complexity index is 591. The lowest BCUT2D eigenvalue weighted by Gasteiger charge is -2.30. The molecule has 0 aliphatic carbocycles. The number of rotatable bonds is 4. The number of aryl methyl sites for hydroxylation is 1. The lowest BCUT2D eigenvalue weighted by Crippen LogP contribution is -2.36. The predicted molar refractivity (Wildman–Crippen MR) is 94.5 cm³/mol. The second kappa shape index (κ2) is 10.5. The van der Waals surface area contributed by atoms with Crippen molar-refractivity contribution in [2.75, 3.05) is 25.0 Å². The minimum Gasteiger partial charge on any atom is -0.473 e. The van der Waals surface area contributed by atoms with Gasteiger partial charge in [0.05, 0.1) is 0 Å². The number of benzene rings is 1. The Morgan fingerprint density at radius 1 is 1.24 bits per heavy atom. The van der Waals surface area contributed by atoms with Crippen molar-refractivity contribution in [3.8, 4) is 0 Å². The summed E-state index contributed by atoms with van der Waals surface area (Å²) in [6.07, 6.45) is 3.17. The fourth-order valence-corrected chi connectivity index (χ4v) is 2.70. The summed E-state index contributed by atoms with van der Waals surface area (Å²) in [5, 5.41) is 17.8. The summed E-state index contributed by atoms with van der Waals surface area (Å²) < 4.78 is 0. The highest BCUT2D eigenvalue weighted by molar-refractivity contribution is 6.27. The molecule has 7 heteroatoms. The zero-order valence-corrected chi connectivity index (χ0v) is 14.7. The average Bonchev–Trinajstić information content (AvgIpc) is 2.53. The minimum atomic E-state index is -1.82. The molecule has 1 amide bonds. The van der Waals surface area contributed by atoms with Crippen molar-refractivity contribution in [3.05, 3.63) is 29.8 Å². The third kappa shape index (κ3) is 8.85. The quantitative estimate of drug-likeness (QED) is 0.719. The number of aliphatic carboxylic acids is 2. The molecule has 0 aromatic heterocycles. The molecule has 1 unspecified atom stereocenters. The second-order valence-electron chi connectivity index (χ2n) is 6.33. The van der Waals surface area contributed by atoms with Crippen molar-refractivity contribution in [2.45, 2.75) is 33.1 Å². The maximum absolute atomic E-state index is 11.9. The molecular weight excluding hydrogens is 324 g/mol. The number of carboxylic acids is 2. The number of piperidine rings is 1. The van der Waals surface area contributed by atoms with Crippen LogP contribution in [-0.4, -0.2) is 52.6 Å². The van der Waals surface area contributed by atoms with Crippen molar-refractivity contribution in [1.29, 1.82) is 0 Å². The smallest absolute Gasteiger partial charge is 0.414 e. The van der Waals surface area contributed by atoms with Gasteiger partial charge in [-0.3, -0.25) is 4.79 Å². The highest BCUT2D eigenvalue weighted by atomic mass is 16.4. The fourth-order valence-electron chi connectivity index (χ4n) is 2.70. The van der Waals surface area contributed by atoms with Gasteiger partial charge in [0.15, 0.2) is 0 Å². The number of nitrogens with one attached hydrogen (secondary N) is 1. The molecule has 7 nitrogen and oxygen atoms in total. The van der Waals surface area contributed by atoms with Crippen LogP contribution in [0.15, 0.2) is 24.3 Å². The van der Waals surface area contributed by atoms with Crippen LogP contribution in [0.25, 0.3) is 0 Å². The van der Waals surface area contributed by atoms with Crippen LogP contribution in [0.4, 0.5) is 5.69 Å². The average molecular weight is 350 g/mol. The number of amides is 1. The first-order chi connectivity index (χ1) is 11.8. The third-order valence-corrected chi connectivity index (χ3v) is 3.88. The molecule has 1 atom stereocenters. The van der Waals surface area contributed by atoms with Gasteiger partial charge < -0.3 is 20.4 Å². The number of carbonyl (C=O) groups is 3. The zero-order valence-electron chi connectivity index (χ0n) is 14.7. The Kier molecular flexibility index (Phi) is 8.63. The van der Waals surface area contributed by atoms with Gasteiger partial charge in [0, 0.05) is 25.2 Å². The molecule has 3 N–H and O–H groups in total. The van der Waals surface area contributed by atoms with Gasteiger partial charge in [-0.05, 0) is 49.9 Å². The largest absolute Gasteiger partial charge is 0.473 e. The minimum absolute atomic E-state index is 0.115. The Morgan fingerprint density at radius 3 is 2.48 bits per heavy atom. The Morgan fingerprint density at radius 2 is 1.92 bits per heavy atom. The molecular formula is C18H26N2O5. The molecule has 0 bridgehead atoms. The fraction of sp³-hybridized carbons (Fsp3) is 0.500. The molecule has 0 saturated carbocycles. The Hall–Kier alpha value is -2.41. The van der Waals surface area contributed by atoms with Gasteiger partial charge in [0.2, 0.25) is 5.91 Å².